The second kappa shape index (κ2) is 7.65. The lowest BCUT2D eigenvalue weighted by Crippen LogP contribution is -2.47. The number of ether oxygens (including phenoxy) is 2. The molecule has 4 nitrogen and oxygen atoms in total. The normalized spacial score (nSPS) is 41.7. The summed E-state index contributed by atoms with van der Waals surface area (Å²) >= 11 is 0. The average molecular weight is 369 g/mol. The number of nitrogens with zero attached hydrogens (tertiary/aromatic N) is 2. The minimum atomic E-state index is -0.659. The summed E-state index contributed by atoms with van der Waals surface area (Å²) in [6.07, 6.45) is 8.79. The van der Waals surface area contributed by atoms with Crippen LogP contribution in [0.4, 0.5) is 4.39 Å². The summed E-state index contributed by atoms with van der Waals surface area (Å²) in [6, 6.07) is 0.627. The number of alkyl halides is 1. The number of hydrogen-bond acceptors (Lipinski definition) is 4. The molecule has 0 aromatic carbocycles. The number of rotatable bonds is 8. The van der Waals surface area contributed by atoms with Gasteiger partial charge in [0.25, 0.3) is 0 Å². The molecule has 0 radical (unpaired) electrons. The fourth-order valence-corrected chi connectivity index (χ4v) is 6.35. The number of halogens is 1. The zero-order valence-corrected chi connectivity index (χ0v) is 16.7. The van der Waals surface area contributed by atoms with Gasteiger partial charge in [0.05, 0.1) is 19.3 Å². The molecule has 4 aliphatic heterocycles. The van der Waals surface area contributed by atoms with Crippen molar-refractivity contribution < 1.29 is 13.9 Å². The molecule has 4 saturated heterocycles. The molecule has 0 aliphatic carbocycles. The monoisotopic (exact) mass is 368 g/mol. The van der Waals surface area contributed by atoms with Crippen molar-refractivity contribution in [2.75, 3.05) is 39.5 Å². The molecule has 0 aromatic rings. The summed E-state index contributed by atoms with van der Waals surface area (Å²) in [7, 11) is 0. The van der Waals surface area contributed by atoms with E-state index in [0.717, 1.165) is 32.6 Å². The maximum absolute atomic E-state index is 13.9. The van der Waals surface area contributed by atoms with Crippen LogP contribution in [-0.4, -0.2) is 78.7 Å². The molecule has 4 rings (SSSR count). The van der Waals surface area contributed by atoms with Gasteiger partial charge in [-0.1, -0.05) is 0 Å². The van der Waals surface area contributed by atoms with Crippen LogP contribution >= 0.6 is 0 Å². The minimum absolute atomic E-state index is 0.00425. The molecule has 0 spiro atoms. The zero-order chi connectivity index (χ0) is 18.2. The lowest BCUT2D eigenvalue weighted by Gasteiger charge is -2.36. The molecule has 4 fully saturated rings. The van der Waals surface area contributed by atoms with E-state index in [2.05, 4.69) is 23.6 Å². The molecule has 5 unspecified atom stereocenters. The summed E-state index contributed by atoms with van der Waals surface area (Å²) in [5.74, 6) is 0. The van der Waals surface area contributed by atoms with Crippen molar-refractivity contribution >= 4 is 0 Å². The van der Waals surface area contributed by atoms with Crippen LogP contribution in [0.3, 0.4) is 0 Å². The van der Waals surface area contributed by atoms with Crippen molar-refractivity contribution in [3.8, 4) is 0 Å². The van der Waals surface area contributed by atoms with Gasteiger partial charge in [-0.25, -0.2) is 4.39 Å². The average Bonchev–Trinajstić information content (AvgIpc) is 3.32. The van der Waals surface area contributed by atoms with Gasteiger partial charge in [0.2, 0.25) is 0 Å². The molecule has 0 N–H and O–H groups in total. The van der Waals surface area contributed by atoms with Crippen LogP contribution in [0.25, 0.3) is 0 Å². The van der Waals surface area contributed by atoms with Gasteiger partial charge in [-0.05, 0) is 71.9 Å². The van der Waals surface area contributed by atoms with Crippen molar-refractivity contribution in [1.82, 2.24) is 9.80 Å². The summed E-state index contributed by atoms with van der Waals surface area (Å²) in [6.45, 7) is 9.62. The van der Waals surface area contributed by atoms with E-state index in [-0.39, 0.29) is 11.6 Å². The Labute approximate surface area is 158 Å². The molecule has 5 heteroatoms. The highest BCUT2D eigenvalue weighted by molar-refractivity contribution is 5.06. The molecular formula is C21H37FN2O2. The zero-order valence-electron chi connectivity index (χ0n) is 16.7. The molecule has 0 amide bonds. The number of fused-ring (bicyclic) bond motifs is 2. The first-order valence-electron chi connectivity index (χ1n) is 10.9. The molecule has 4 heterocycles. The van der Waals surface area contributed by atoms with Crippen molar-refractivity contribution in [2.24, 2.45) is 0 Å². The van der Waals surface area contributed by atoms with E-state index in [1.54, 1.807) is 0 Å². The molecule has 26 heavy (non-hydrogen) atoms. The molecular weight excluding hydrogens is 331 g/mol. The van der Waals surface area contributed by atoms with Crippen LogP contribution < -0.4 is 0 Å². The van der Waals surface area contributed by atoms with Crippen LogP contribution in [0, 0.1) is 0 Å². The van der Waals surface area contributed by atoms with Gasteiger partial charge in [0.15, 0.2) is 0 Å². The molecule has 0 saturated carbocycles. The van der Waals surface area contributed by atoms with Gasteiger partial charge < -0.3 is 9.47 Å². The maximum atomic E-state index is 13.9. The van der Waals surface area contributed by atoms with Gasteiger partial charge in [-0.3, -0.25) is 9.80 Å². The van der Waals surface area contributed by atoms with E-state index >= 15 is 0 Å². The summed E-state index contributed by atoms with van der Waals surface area (Å²) < 4.78 is 26.1. The van der Waals surface area contributed by atoms with Gasteiger partial charge in [0.1, 0.15) is 6.17 Å². The lowest BCUT2D eigenvalue weighted by atomic mass is 9.94. The first kappa shape index (κ1) is 19.1. The lowest BCUT2D eigenvalue weighted by molar-refractivity contribution is -0.0242. The predicted molar refractivity (Wildman–Crippen MR) is 101 cm³/mol. The third kappa shape index (κ3) is 3.45. The van der Waals surface area contributed by atoms with Crippen molar-refractivity contribution in [1.29, 1.82) is 0 Å². The van der Waals surface area contributed by atoms with Gasteiger partial charge in [-0.15, -0.1) is 0 Å². The number of hydrogen-bond donors (Lipinski definition) is 0. The van der Waals surface area contributed by atoms with Crippen molar-refractivity contribution in [3.63, 3.8) is 0 Å². The Morgan fingerprint density at radius 3 is 2.77 bits per heavy atom. The van der Waals surface area contributed by atoms with Gasteiger partial charge in [-0.2, -0.15) is 0 Å². The van der Waals surface area contributed by atoms with Crippen LogP contribution in [0.5, 0.6) is 0 Å². The largest absolute Gasteiger partial charge is 0.380 e. The van der Waals surface area contributed by atoms with E-state index in [1.807, 2.05) is 0 Å². The fourth-order valence-electron chi connectivity index (χ4n) is 6.35. The Morgan fingerprint density at radius 2 is 1.92 bits per heavy atom. The molecule has 150 valence electrons. The van der Waals surface area contributed by atoms with E-state index in [0.29, 0.717) is 31.2 Å². The van der Waals surface area contributed by atoms with Gasteiger partial charge in [0, 0.05) is 36.7 Å². The minimum Gasteiger partial charge on any atom is -0.380 e. The SMILES string of the molecule is CCOCC12CCCN1C(CC(C)OCC13CCCN1CC(F)C3)CC2. The highest BCUT2D eigenvalue weighted by atomic mass is 19.1. The maximum Gasteiger partial charge on any atom is 0.115 e. The third-order valence-corrected chi connectivity index (χ3v) is 7.61. The Morgan fingerprint density at radius 1 is 1.12 bits per heavy atom. The topological polar surface area (TPSA) is 24.9 Å². The predicted octanol–water partition coefficient (Wildman–Crippen LogP) is 3.39. The molecule has 0 aromatic heterocycles. The Balaban J connectivity index is 1.29. The van der Waals surface area contributed by atoms with E-state index in [4.69, 9.17) is 9.47 Å². The molecule has 4 aliphatic rings. The van der Waals surface area contributed by atoms with Crippen LogP contribution in [-0.2, 0) is 9.47 Å². The molecule has 5 atom stereocenters. The van der Waals surface area contributed by atoms with E-state index < -0.39 is 6.17 Å². The highest BCUT2D eigenvalue weighted by Crippen LogP contribution is 2.44. The summed E-state index contributed by atoms with van der Waals surface area (Å²) in [5, 5.41) is 0. The smallest absolute Gasteiger partial charge is 0.115 e. The van der Waals surface area contributed by atoms with E-state index in [1.165, 1.54) is 38.6 Å². The quantitative estimate of drug-likeness (QED) is 0.656. The third-order valence-electron chi connectivity index (χ3n) is 7.61. The first-order chi connectivity index (χ1) is 12.6. The van der Waals surface area contributed by atoms with Crippen molar-refractivity contribution in [2.45, 2.75) is 94.6 Å². The Kier molecular flexibility index (Phi) is 5.62. The molecule has 0 bridgehead atoms. The van der Waals surface area contributed by atoms with Crippen LogP contribution in [0.15, 0.2) is 0 Å². The Bertz CT molecular complexity index is 493. The van der Waals surface area contributed by atoms with E-state index in [9.17, 15) is 4.39 Å². The van der Waals surface area contributed by atoms with Crippen LogP contribution in [0.2, 0.25) is 0 Å². The van der Waals surface area contributed by atoms with Crippen molar-refractivity contribution in [3.05, 3.63) is 0 Å². The second-order valence-corrected chi connectivity index (χ2v) is 9.28. The van der Waals surface area contributed by atoms with Gasteiger partial charge >= 0.3 is 0 Å². The standard InChI is InChI=1S/C21H37FN2O2/c1-3-25-15-20-7-5-11-24(20)19(6-9-20)12-17(2)26-16-21-8-4-10-23(21)14-18(22)13-21/h17-19H,3-16H2,1-2H3. The summed E-state index contributed by atoms with van der Waals surface area (Å²) in [5.41, 5.74) is 0.296. The highest BCUT2D eigenvalue weighted by Gasteiger charge is 2.50. The van der Waals surface area contributed by atoms with Crippen LogP contribution in [0.1, 0.15) is 65.2 Å². The second-order valence-electron chi connectivity index (χ2n) is 9.28. The first-order valence-corrected chi connectivity index (χ1v) is 10.9. The fraction of sp³-hybridized carbons (Fsp3) is 1.00. The summed E-state index contributed by atoms with van der Waals surface area (Å²) in [4.78, 5) is 5.09. The Hall–Kier alpha value is -0.230.